The summed E-state index contributed by atoms with van der Waals surface area (Å²) in [6, 6.07) is 0. The van der Waals surface area contributed by atoms with Crippen molar-refractivity contribution in [1.29, 1.82) is 0 Å². The molecule has 0 spiro atoms. The maximum absolute atomic E-state index is 12.7. The summed E-state index contributed by atoms with van der Waals surface area (Å²) in [6.45, 7) is 5.47. The Hall–Kier alpha value is -0.500. The van der Waals surface area contributed by atoms with E-state index in [1.807, 2.05) is 21.1 Å². The van der Waals surface area contributed by atoms with Gasteiger partial charge in [0.05, 0.1) is 34.4 Å². The quantitative estimate of drug-likeness (QED) is 0.0262. The first kappa shape index (κ1) is 54.5. The second-order valence-corrected chi connectivity index (χ2v) is 18.9. The molecule has 0 aromatic carbocycles. The number of carbonyl (C=O) groups is 1. The molecule has 0 aromatic rings. The standard InChI is InChI=1S/C46H94NO7P/c1-6-8-10-12-14-16-18-20-21-22-23-24-25-26-27-28-29-31-33-35-37-39-46(48)54-45(44-53-55(49,50)52-42-40-47(3,4)5)43-51-41-38-36-34-32-30-19-17-15-13-11-9-7-2/h45H,6-44H2,1-5H3/t45-/m1/s1. The fraction of sp³-hybridized carbons (Fsp3) is 0.978. The molecular weight excluding hydrogens is 709 g/mol. The predicted molar refractivity (Wildman–Crippen MR) is 231 cm³/mol. The maximum Gasteiger partial charge on any atom is 0.306 e. The minimum absolute atomic E-state index is 0.0314. The number of hydrogen-bond acceptors (Lipinski definition) is 7. The number of hydrogen-bond donors (Lipinski definition) is 0. The van der Waals surface area contributed by atoms with Crippen molar-refractivity contribution < 1.29 is 37.3 Å². The lowest BCUT2D eigenvalue weighted by Crippen LogP contribution is -2.37. The number of esters is 1. The third-order valence-electron chi connectivity index (χ3n) is 10.7. The van der Waals surface area contributed by atoms with Gasteiger partial charge in [-0.15, -0.1) is 0 Å². The van der Waals surface area contributed by atoms with Gasteiger partial charge in [0.1, 0.15) is 19.3 Å². The van der Waals surface area contributed by atoms with Crippen LogP contribution in [0.3, 0.4) is 0 Å². The van der Waals surface area contributed by atoms with Gasteiger partial charge in [-0.2, -0.15) is 0 Å². The van der Waals surface area contributed by atoms with Crippen molar-refractivity contribution in [3.63, 3.8) is 0 Å². The van der Waals surface area contributed by atoms with Crippen LogP contribution in [0.5, 0.6) is 0 Å². The zero-order valence-corrected chi connectivity index (χ0v) is 38.3. The molecule has 0 radical (unpaired) electrons. The number of likely N-dealkylation sites (N-methyl/N-ethyl adjacent to an activating group) is 1. The molecule has 0 fully saturated rings. The molecule has 0 saturated carbocycles. The van der Waals surface area contributed by atoms with E-state index in [1.165, 1.54) is 180 Å². The first-order valence-electron chi connectivity index (χ1n) is 23.8. The Morgan fingerprint density at radius 2 is 0.836 bits per heavy atom. The first-order chi connectivity index (χ1) is 26.6. The monoisotopic (exact) mass is 804 g/mol. The number of phosphoric acid groups is 1. The van der Waals surface area contributed by atoms with Crippen LogP contribution < -0.4 is 4.89 Å². The van der Waals surface area contributed by atoms with E-state index in [2.05, 4.69) is 13.8 Å². The summed E-state index contributed by atoms with van der Waals surface area (Å²) in [5.41, 5.74) is 0. The molecule has 0 rings (SSSR count). The zero-order chi connectivity index (χ0) is 40.6. The predicted octanol–water partition coefficient (Wildman–Crippen LogP) is 13.4. The highest BCUT2D eigenvalue weighted by atomic mass is 31.2. The van der Waals surface area contributed by atoms with Gasteiger partial charge in [-0.1, -0.05) is 213 Å². The third kappa shape index (κ3) is 44.4. The largest absolute Gasteiger partial charge is 0.756 e. The molecule has 0 bridgehead atoms. The van der Waals surface area contributed by atoms with Crippen molar-refractivity contribution in [2.45, 2.75) is 238 Å². The Labute approximate surface area is 342 Å². The van der Waals surface area contributed by atoms with E-state index in [0.717, 1.165) is 32.1 Å². The fourth-order valence-corrected chi connectivity index (χ4v) is 7.69. The number of unbranched alkanes of at least 4 members (excludes halogenated alkanes) is 31. The number of quaternary nitrogens is 1. The molecule has 330 valence electrons. The highest BCUT2D eigenvalue weighted by Crippen LogP contribution is 2.38. The van der Waals surface area contributed by atoms with Crippen molar-refractivity contribution in [3.8, 4) is 0 Å². The molecule has 0 heterocycles. The van der Waals surface area contributed by atoms with E-state index in [1.54, 1.807) is 0 Å². The van der Waals surface area contributed by atoms with Gasteiger partial charge in [0.2, 0.25) is 0 Å². The summed E-state index contributed by atoms with van der Waals surface area (Å²) in [4.78, 5) is 25.1. The van der Waals surface area contributed by atoms with E-state index in [-0.39, 0.29) is 25.8 Å². The SMILES string of the molecule is CCCCCCCCCCCCCCCCCCCCCCCC(=O)O[C@H](COCCCCCCCCCCCCCC)COP(=O)([O-])OCC[N+](C)(C)C. The average molecular weight is 804 g/mol. The highest BCUT2D eigenvalue weighted by molar-refractivity contribution is 7.45. The van der Waals surface area contributed by atoms with Gasteiger partial charge >= 0.3 is 5.97 Å². The highest BCUT2D eigenvalue weighted by Gasteiger charge is 2.20. The fourth-order valence-electron chi connectivity index (χ4n) is 6.96. The van der Waals surface area contributed by atoms with Gasteiger partial charge in [0, 0.05) is 13.0 Å². The Kier molecular flexibility index (Phi) is 39.9. The van der Waals surface area contributed by atoms with Crippen molar-refractivity contribution >= 4 is 13.8 Å². The number of phosphoric ester groups is 1. The van der Waals surface area contributed by atoms with Crippen molar-refractivity contribution in [2.24, 2.45) is 0 Å². The normalized spacial score (nSPS) is 13.6. The van der Waals surface area contributed by atoms with Crippen LogP contribution >= 0.6 is 7.82 Å². The number of ether oxygens (including phenoxy) is 2. The van der Waals surface area contributed by atoms with Crippen molar-refractivity contribution in [1.82, 2.24) is 0 Å². The van der Waals surface area contributed by atoms with E-state index in [4.69, 9.17) is 18.5 Å². The Bertz CT molecular complexity index is 853. The van der Waals surface area contributed by atoms with Gasteiger partial charge < -0.3 is 27.9 Å². The molecule has 1 unspecified atom stereocenters. The van der Waals surface area contributed by atoms with Gasteiger partial charge in [-0.05, 0) is 12.8 Å². The van der Waals surface area contributed by atoms with Crippen LogP contribution in [-0.4, -0.2) is 70.7 Å². The second-order valence-electron chi connectivity index (χ2n) is 17.5. The Morgan fingerprint density at radius 3 is 1.20 bits per heavy atom. The summed E-state index contributed by atoms with van der Waals surface area (Å²) in [6.07, 6.45) is 42.6. The van der Waals surface area contributed by atoms with Crippen LogP contribution in [0, 0.1) is 0 Å². The van der Waals surface area contributed by atoms with Gasteiger partial charge in [0.25, 0.3) is 7.82 Å². The molecule has 0 amide bonds. The molecule has 8 nitrogen and oxygen atoms in total. The first-order valence-corrected chi connectivity index (χ1v) is 25.2. The molecule has 0 aliphatic carbocycles. The Morgan fingerprint density at radius 1 is 0.491 bits per heavy atom. The summed E-state index contributed by atoms with van der Waals surface area (Å²) >= 11 is 0. The van der Waals surface area contributed by atoms with Crippen LogP contribution in [0.15, 0.2) is 0 Å². The van der Waals surface area contributed by atoms with E-state index < -0.39 is 13.9 Å². The molecule has 9 heteroatoms. The summed E-state index contributed by atoms with van der Waals surface area (Å²) in [7, 11) is 1.38. The van der Waals surface area contributed by atoms with E-state index in [0.29, 0.717) is 24.1 Å². The van der Waals surface area contributed by atoms with Crippen LogP contribution in [0.2, 0.25) is 0 Å². The number of nitrogens with zero attached hydrogens (tertiary/aromatic N) is 1. The minimum Gasteiger partial charge on any atom is -0.756 e. The van der Waals surface area contributed by atoms with Crippen LogP contribution in [-0.2, 0) is 27.9 Å². The van der Waals surface area contributed by atoms with Crippen LogP contribution in [0.1, 0.15) is 232 Å². The summed E-state index contributed by atoms with van der Waals surface area (Å²) < 4.78 is 34.6. The summed E-state index contributed by atoms with van der Waals surface area (Å²) in [5.74, 6) is -0.327. The Balaban J connectivity index is 4.08. The molecule has 0 N–H and O–H groups in total. The molecule has 2 atom stereocenters. The van der Waals surface area contributed by atoms with Gasteiger partial charge in [-0.3, -0.25) is 9.36 Å². The van der Waals surface area contributed by atoms with E-state index in [9.17, 15) is 14.3 Å². The molecule has 0 saturated heterocycles. The van der Waals surface area contributed by atoms with Crippen LogP contribution in [0.25, 0.3) is 0 Å². The molecule has 0 aromatic heterocycles. The van der Waals surface area contributed by atoms with Gasteiger partial charge in [0.15, 0.2) is 0 Å². The third-order valence-corrected chi connectivity index (χ3v) is 11.6. The molecule has 0 aliphatic heterocycles. The zero-order valence-electron chi connectivity index (χ0n) is 37.4. The second kappa shape index (κ2) is 40.3. The number of rotatable bonds is 45. The van der Waals surface area contributed by atoms with Crippen molar-refractivity contribution in [2.75, 3.05) is 54.1 Å². The lowest BCUT2D eigenvalue weighted by molar-refractivity contribution is -0.870. The maximum atomic E-state index is 12.7. The molecular formula is C46H94NO7P. The van der Waals surface area contributed by atoms with Gasteiger partial charge in [-0.25, -0.2) is 0 Å². The topological polar surface area (TPSA) is 94.1 Å². The molecule has 55 heavy (non-hydrogen) atoms. The summed E-state index contributed by atoms with van der Waals surface area (Å²) in [5, 5.41) is 0. The number of carbonyl (C=O) groups excluding carboxylic acids is 1. The minimum atomic E-state index is -4.52. The van der Waals surface area contributed by atoms with Crippen molar-refractivity contribution in [3.05, 3.63) is 0 Å². The molecule has 0 aliphatic rings. The average Bonchev–Trinajstić information content (AvgIpc) is 3.13. The lowest BCUT2D eigenvalue weighted by Gasteiger charge is -2.28. The lowest BCUT2D eigenvalue weighted by atomic mass is 10.0. The van der Waals surface area contributed by atoms with E-state index >= 15 is 0 Å². The van der Waals surface area contributed by atoms with Crippen LogP contribution in [0.4, 0.5) is 0 Å². The smallest absolute Gasteiger partial charge is 0.306 e.